The zero-order chi connectivity index (χ0) is 20.9. The van der Waals surface area contributed by atoms with Crippen LogP contribution in [0.4, 0.5) is 29.2 Å². The van der Waals surface area contributed by atoms with Crippen LogP contribution in [0.5, 0.6) is 5.75 Å². The van der Waals surface area contributed by atoms with Crippen LogP contribution in [-0.2, 0) is 4.79 Å². The fraction of sp³-hybridized carbons (Fsp3) is 0.524. The van der Waals surface area contributed by atoms with Crippen LogP contribution in [0.15, 0.2) is 18.2 Å². The largest absolute Gasteiger partial charge is 0.506 e. The molecule has 2 fully saturated rings. The molecule has 1 amide bonds. The van der Waals surface area contributed by atoms with Crippen LogP contribution in [0.1, 0.15) is 51.2 Å². The summed E-state index contributed by atoms with van der Waals surface area (Å²) in [5, 5.41) is 16.0. The Morgan fingerprint density at radius 1 is 0.857 bits per heavy atom. The highest BCUT2D eigenvalue weighted by atomic mass is 35.5. The molecule has 14 heteroatoms. The number of phenolic OH excluding ortho intramolecular Hbond substituents is 1. The van der Waals surface area contributed by atoms with Crippen molar-refractivity contribution in [1.29, 1.82) is 0 Å². The maximum atomic E-state index is 11.2. The SMILES string of the molecule is CC(=O)Nc1ccc(Nc2nc(N3CCCCC3)nc(N3CCCCC3)n2)cc1O.Cl.N.N.N.N.[HH].[HH].[HH].[HH]. The first kappa shape index (κ1) is 34.2. The predicted octanol–water partition coefficient (Wildman–Crippen LogP) is 5.31. The van der Waals surface area contributed by atoms with Crippen LogP contribution in [0.25, 0.3) is 0 Å². The third-order valence-electron chi connectivity index (χ3n) is 5.45. The average Bonchev–Trinajstić information content (AvgIpc) is 2.76. The third kappa shape index (κ3) is 8.96. The lowest BCUT2D eigenvalue weighted by atomic mass is 10.1. The van der Waals surface area contributed by atoms with E-state index < -0.39 is 0 Å². The highest BCUT2D eigenvalue weighted by Gasteiger charge is 2.20. The lowest BCUT2D eigenvalue weighted by molar-refractivity contribution is -0.114. The molecule has 0 atom stereocenters. The number of aromatic nitrogens is 3. The zero-order valence-electron chi connectivity index (χ0n) is 20.6. The maximum Gasteiger partial charge on any atom is 0.233 e. The zero-order valence-corrected chi connectivity index (χ0v) is 21.4. The van der Waals surface area contributed by atoms with Crippen LogP contribution < -0.4 is 45.0 Å². The van der Waals surface area contributed by atoms with Gasteiger partial charge in [0.25, 0.3) is 0 Å². The molecule has 2 aromatic rings. The van der Waals surface area contributed by atoms with Gasteiger partial charge in [-0.05, 0) is 50.7 Å². The van der Waals surface area contributed by atoms with E-state index in [4.69, 9.17) is 4.98 Å². The number of carbonyl (C=O) groups excluding carboxylic acids is 1. The van der Waals surface area contributed by atoms with Crippen molar-refractivity contribution in [2.75, 3.05) is 46.6 Å². The number of amides is 1. The molecule has 0 saturated carbocycles. The summed E-state index contributed by atoms with van der Waals surface area (Å²) in [5.74, 6) is 1.61. The summed E-state index contributed by atoms with van der Waals surface area (Å²) in [6, 6.07) is 4.98. The van der Waals surface area contributed by atoms with Crippen molar-refractivity contribution in [2.45, 2.75) is 45.4 Å². The highest BCUT2D eigenvalue weighted by molar-refractivity contribution is 5.90. The molecule has 35 heavy (non-hydrogen) atoms. The lowest BCUT2D eigenvalue weighted by Crippen LogP contribution is -2.34. The monoisotopic (exact) mass is 523 g/mol. The summed E-state index contributed by atoms with van der Waals surface area (Å²) in [5.41, 5.74) is 1.01. The van der Waals surface area contributed by atoms with Crippen molar-refractivity contribution in [3.63, 3.8) is 0 Å². The smallest absolute Gasteiger partial charge is 0.233 e. The summed E-state index contributed by atoms with van der Waals surface area (Å²) in [7, 11) is 0. The topological polar surface area (TPSA) is 247 Å². The van der Waals surface area contributed by atoms with Crippen molar-refractivity contribution >= 4 is 47.5 Å². The Morgan fingerprint density at radius 3 is 1.77 bits per heavy atom. The van der Waals surface area contributed by atoms with Gasteiger partial charge in [-0.3, -0.25) is 4.79 Å². The van der Waals surface area contributed by atoms with Gasteiger partial charge in [0.2, 0.25) is 23.8 Å². The second-order valence-electron chi connectivity index (χ2n) is 7.89. The van der Waals surface area contributed by atoms with E-state index in [2.05, 4.69) is 30.4 Å². The molecule has 0 spiro atoms. The molecule has 1 aromatic heterocycles. The normalized spacial score (nSPS) is 14.5. The van der Waals surface area contributed by atoms with E-state index >= 15 is 0 Å². The number of benzene rings is 1. The lowest BCUT2D eigenvalue weighted by Gasteiger charge is -2.30. The van der Waals surface area contributed by atoms with Crippen molar-refractivity contribution in [1.82, 2.24) is 39.6 Å². The Bertz CT molecular complexity index is 889. The summed E-state index contributed by atoms with van der Waals surface area (Å²) < 4.78 is 0. The molecule has 0 unspecified atom stereocenters. The molecule has 0 aliphatic carbocycles. The minimum absolute atomic E-state index is 0. The first-order chi connectivity index (χ1) is 14.6. The molecule has 2 aliphatic rings. The molecule has 0 radical (unpaired) electrons. The Balaban J connectivity index is -0.000000302. The van der Waals surface area contributed by atoms with Crippen LogP contribution in [0, 0.1) is 0 Å². The highest BCUT2D eigenvalue weighted by Crippen LogP contribution is 2.29. The van der Waals surface area contributed by atoms with Gasteiger partial charge in [-0.15, -0.1) is 12.4 Å². The number of nitrogens with one attached hydrogen (secondary N) is 2. The molecule has 208 valence electrons. The van der Waals surface area contributed by atoms with E-state index in [1.165, 1.54) is 19.8 Å². The fourth-order valence-corrected chi connectivity index (χ4v) is 3.91. The number of carbonyl (C=O) groups is 1. The second kappa shape index (κ2) is 15.8. The minimum atomic E-state index is -0.235. The van der Waals surface area contributed by atoms with Crippen molar-refractivity contribution < 1.29 is 15.6 Å². The number of phenols is 1. The molecule has 3 heterocycles. The summed E-state index contributed by atoms with van der Waals surface area (Å²) >= 11 is 0. The molecular weight excluding hydrogens is 474 g/mol. The van der Waals surface area contributed by atoms with Crippen LogP contribution in [0.3, 0.4) is 0 Å². The summed E-state index contributed by atoms with van der Waals surface area (Å²) in [4.78, 5) is 29.8. The summed E-state index contributed by atoms with van der Waals surface area (Å²) in [6.45, 7) is 5.22. The standard InChI is InChI=1S/C21H29N7O2.ClH.4H3N.4H2/c1-15(29)22-17-9-8-16(14-18(17)30)23-19-24-20(27-10-4-2-5-11-27)26-21(25-19)28-12-6-3-7-13-28;;;;;;;;;/h8-9,14,30H,2-7,10-13H2,1H3,(H,22,29)(H,23,24,25,26);1H;4*1H3;4*1H. The van der Waals surface area contributed by atoms with Gasteiger partial charge in [-0.2, -0.15) is 15.0 Å². The number of halogens is 1. The van der Waals surface area contributed by atoms with E-state index in [0.29, 0.717) is 29.2 Å². The third-order valence-corrected chi connectivity index (χ3v) is 5.45. The molecule has 0 bridgehead atoms. The number of piperidine rings is 2. The number of rotatable bonds is 5. The Labute approximate surface area is 219 Å². The predicted molar refractivity (Wildman–Crippen MR) is 153 cm³/mol. The molecule has 4 rings (SSSR count). The van der Waals surface area contributed by atoms with E-state index in [9.17, 15) is 9.90 Å². The van der Waals surface area contributed by atoms with Gasteiger partial charge in [-0.1, -0.05) is 0 Å². The molecule has 2 saturated heterocycles. The minimum Gasteiger partial charge on any atom is -0.506 e. The Morgan fingerprint density at radius 2 is 1.34 bits per heavy atom. The van der Waals surface area contributed by atoms with Crippen LogP contribution >= 0.6 is 12.4 Å². The van der Waals surface area contributed by atoms with Gasteiger partial charge in [-0.25, -0.2) is 0 Å². The molecule has 1 aromatic carbocycles. The van der Waals surface area contributed by atoms with Crippen molar-refractivity contribution in [3.8, 4) is 5.75 Å². The average molecular weight is 524 g/mol. The van der Waals surface area contributed by atoms with E-state index in [0.717, 1.165) is 51.9 Å². The van der Waals surface area contributed by atoms with Gasteiger partial charge < -0.3 is 50.1 Å². The van der Waals surface area contributed by atoms with E-state index in [1.54, 1.807) is 18.2 Å². The second-order valence-corrected chi connectivity index (χ2v) is 7.89. The van der Waals surface area contributed by atoms with Gasteiger partial charge in [0.15, 0.2) is 0 Å². The first-order valence-electron chi connectivity index (χ1n) is 10.7. The van der Waals surface area contributed by atoms with Crippen LogP contribution in [-0.4, -0.2) is 52.1 Å². The molecular formula is C21H50ClN11O2. The number of hydrogen-bond acceptors (Lipinski definition) is 12. The van der Waals surface area contributed by atoms with E-state index in [-0.39, 0.29) is 54.4 Å². The van der Waals surface area contributed by atoms with Gasteiger partial charge in [0.05, 0.1) is 5.69 Å². The molecule has 13 nitrogen and oxygen atoms in total. The van der Waals surface area contributed by atoms with Gasteiger partial charge in [0.1, 0.15) is 5.75 Å². The van der Waals surface area contributed by atoms with Crippen molar-refractivity contribution in [3.05, 3.63) is 18.2 Å². The number of aromatic hydroxyl groups is 1. The quantitative estimate of drug-likeness (QED) is 0.246. The number of anilines is 5. The van der Waals surface area contributed by atoms with E-state index in [1.807, 2.05) is 0 Å². The Hall–Kier alpha value is -2.97. The molecule has 15 N–H and O–H groups in total. The van der Waals surface area contributed by atoms with Gasteiger partial charge in [0, 0.05) is 50.6 Å². The summed E-state index contributed by atoms with van der Waals surface area (Å²) in [6.07, 6.45) is 7.06. The number of hydrogen-bond donors (Lipinski definition) is 7. The van der Waals surface area contributed by atoms with Gasteiger partial charge >= 0.3 is 0 Å². The van der Waals surface area contributed by atoms with Crippen molar-refractivity contribution in [2.24, 2.45) is 0 Å². The number of nitrogens with zero attached hydrogens (tertiary/aromatic N) is 5. The first-order valence-corrected chi connectivity index (χ1v) is 10.7. The van der Waals surface area contributed by atoms with Crippen LogP contribution in [0.2, 0.25) is 0 Å². The fourth-order valence-electron chi connectivity index (χ4n) is 3.91. The Kier molecular flexibility index (Phi) is 15.5. The maximum absolute atomic E-state index is 11.2. The molecule has 2 aliphatic heterocycles.